The van der Waals surface area contributed by atoms with E-state index in [2.05, 4.69) is 27.7 Å². The van der Waals surface area contributed by atoms with E-state index in [-0.39, 0.29) is 0 Å². The fourth-order valence-corrected chi connectivity index (χ4v) is 0.506. The molecule has 1 aromatic carbocycles. The third kappa shape index (κ3) is 3.79. The molecule has 10 heavy (non-hydrogen) atoms. The van der Waals surface area contributed by atoms with Gasteiger partial charge in [-0.15, -0.1) is 12.1 Å². The molecule has 0 atom stereocenters. The average molecular weight is 247 g/mol. The van der Waals surface area contributed by atoms with Crippen molar-refractivity contribution in [1.29, 1.82) is 0 Å². The summed E-state index contributed by atoms with van der Waals surface area (Å²) in [6, 6.07) is 8.90. The Morgan fingerprint density at radius 2 is 1.70 bits per heavy atom. The molecule has 0 amide bonds. The quantitative estimate of drug-likeness (QED) is 0.546. The molecule has 0 aliphatic heterocycles. The zero-order valence-electron chi connectivity index (χ0n) is 4.99. The van der Waals surface area contributed by atoms with Crippen LogP contribution < -0.4 is 0 Å². The second-order valence-electron chi connectivity index (χ2n) is 1.47. The fraction of sp³-hybridized carbons (Fsp3) is 0. The van der Waals surface area contributed by atoms with Crippen LogP contribution in [0.25, 0.3) is 0 Å². The Labute approximate surface area is 74.8 Å². The SMILES string of the molecule is O=[C-]c1ccccc1.[Cl][Pd+]. The zero-order chi connectivity index (χ0) is 7.82. The first-order valence-electron chi connectivity index (χ1n) is 2.48. The van der Waals surface area contributed by atoms with Gasteiger partial charge in [-0.2, -0.15) is 17.7 Å². The van der Waals surface area contributed by atoms with Crippen molar-refractivity contribution in [1.82, 2.24) is 0 Å². The third-order valence-electron chi connectivity index (χ3n) is 0.892. The summed E-state index contributed by atoms with van der Waals surface area (Å²) >= 11 is 2.22. The molecule has 0 heterocycles. The minimum absolute atomic E-state index is 0.604. The summed E-state index contributed by atoms with van der Waals surface area (Å²) in [7, 11) is 4.49. The molecule has 0 N–H and O–H groups in total. The van der Waals surface area contributed by atoms with Crippen LogP contribution in [0.5, 0.6) is 0 Å². The Kier molecular flexibility index (Phi) is 6.85. The number of rotatable bonds is 1. The molecular weight excluding hydrogens is 242 g/mol. The van der Waals surface area contributed by atoms with Crippen LogP contribution in [0.15, 0.2) is 30.3 Å². The summed E-state index contributed by atoms with van der Waals surface area (Å²) in [6.07, 6.45) is 1.78. The van der Waals surface area contributed by atoms with E-state index in [1.54, 1.807) is 30.6 Å². The van der Waals surface area contributed by atoms with Gasteiger partial charge in [0.25, 0.3) is 0 Å². The van der Waals surface area contributed by atoms with E-state index in [0.29, 0.717) is 5.56 Å². The van der Waals surface area contributed by atoms with Crippen LogP contribution in [0.4, 0.5) is 0 Å². The van der Waals surface area contributed by atoms with Crippen molar-refractivity contribution in [2.45, 2.75) is 0 Å². The van der Waals surface area contributed by atoms with Crippen molar-refractivity contribution in [2.75, 3.05) is 0 Å². The first kappa shape index (κ1) is 9.84. The van der Waals surface area contributed by atoms with Crippen molar-refractivity contribution in [3.8, 4) is 0 Å². The van der Waals surface area contributed by atoms with E-state index in [9.17, 15) is 4.79 Å². The monoisotopic (exact) mass is 246 g/mol. The first-order valence-corrected chi connectivity index (χ1v) is 4.49. The van der Waals surface area contributed by atoms with Gasteiger partial charge in [0.2, 0.25) is 0 Å². The molecule has 0 fully saturated rings. The molecule has 0 aromatic heterocycles. The molecule has 0 radical (unpaired) electrons. The van der Waals surface area contributed by atoms with Gasteiger partial charge in [-0.3, -0.25) is 0 Å². The van der Waals surface area contributed by atoms with Gasteiger partial charge in [-0.05, 0) is 0 Å². The molecular formula is C7H5ClOPd. The van der Waals surface area contributed by atoms with E-state index in [1.807, 2.05) is 6.07 Å². The van der Waals surface area contributed by atoms with Gasteiger partial charge in [0, 0.05) is 0 Å². The normalized spacial score (nSPS) is 7.50. The van der Waals surface area contributed by atoms with Gasteiger partial charge < -0.3 is 4.79 Å². The third-order valence-corrected chi connectivity index (χ3v) is 0.892. The molecule has 0 aliphatic rings. The molecule has 0 spiro atoms. The second-order valence-corrected chi connectivity index (χ2v) is 1.47. The van der Waals surface area contributed by atoms with E-state index in [4.69, 9.17) is 0 Å². The minimum atomic E-state index is 0.604. The molecule has 1 rings (SSSR count). The van der Waals surface area contributed by atoms with Crippen LogP contribution in [0.1, 0.15) is 5.56 Å². The zero-order valence-corrected chi connectivity index (χ0v) is 7.30. The van der Waals surface area contributed by atoms with Crippen LogP contribution in [0.3, 0.4) is 0 Å². The number of hydrogen-bond donors (Lipinski definition) is 0. The second kappa shape index (κ2) is 6.96. The van der Waals surface area contributed by atoms with Crippen molar-refractivity contribution in [3.05, 3.63) is 35.9 Å². The molecule has 3 heteroatoms. The van der Waals surface area contributed by atoms with Gasteiger partial charge in [-0.1, -0.05) is 6.07 Å². The van der Waals surface area contributed by atoms with E-state index in [1.165, 1.54) is 0 Å². The van der Waals surface area contributed by atoms with Gasteiger partial charge in [0.05, 0.1) is 6.29 Å². The summed E-state index contributed by atoms with van der Waals surface area (Å²) in [4.78, 5) is 9.88. The number of halogens is 1. The van der Waals surface area contributed by atoms with Crippen LogP contribution in [-0.2, 0) is 23.0 Å². The molecule has 0 saturated heterocycles. The average Bonchev–Trinajstić information content (AvgIpc) is 2.10. The van der Waals surface area contributed by atoms with E-state index in [0.717, 1.165) is 0 Å². The van der Waals surface area contributed by atoms with Crippen molar-refractivity contribution >= 4 is 15.8 Å². The van der Waals surface area contributed by atoms with E-state index < -0.39 is 0 Å². The Morgan fingerprint density at radius 3 is 2.00 bits per heavy atom. The predicted molar refractivity (Wildman–Crippen MR) is 37.1 cm³/mol. The maximum absolute atomic E-state index is 9.88. The predicted octanol–water partition coefficient (Wildman–Crippen LogP) is 1.83. The molecule has 1 nitrogen and oxygen atoms in total. The fourth-order valence-electron chi connectivity index (χ4n) is 0.506. The van der Waals surface area contributed by atoms with Gasteiger partial charge in [0.1, 0.15) is 0 Å². The Hall–Kier alpha value is -0.158. The Bertz CT molecular complexity index is 176. The van der Waals surface area contributed by atoms with Gasteiger partial charge in [0.15, 0.2) is 0 Å². The summed E-state index contributed by atoms with van der Waals surface area (Å²) in [5.41, 5.74) is 0.604. The van der Waals surface area contributed by atoms with Gasteiger partial charge >= 0.3 is 27.7 Å². The van der Waals surface area contributed by atoms with E-state index >= 15 is 0 Å². The number of hydrogen-bond acceptors (Lipinski definition) is 1. The van der Waals surface area contributed by atoms with Crippen LogP contribution >= 0.6 is 9.53 Å². The number of benzene rings is 1. The molecule has 56 valence electrons. The standard InChI is InChI=1S/C7H5O.ClH.Pd/c8-6-7-4-2-1-3-5-7;;/h1-5H;1H;/q-1;;+2/p-1. The first-order chi connectivity index (χ1) is 4.93. The van der Waals surface area contributed by atoms with Crippen LogP contribution in [0, 0.1) is 0 Å². The van der Waals surface area contributed by atoms with Crippen LogP contribution in [-0.4, -0.2) is 6.29 Å². The van der Waals surface area contributed by atoms with Gasteiger partial charge in [-0.25, -0.2) is 0 Å². The Balaban J connectivity index is 0.000000371. The summed E-state index contributed by atoms with van der Waals surface area (Å²) in [6.45, 7) is 0. The van der Waals surface area contributed by atoms with Crippen molar-refractivity contribution < 1.29 is 23.0 Å². The molecule has 0 unspecified atom stereocenters. The maximum atomic E-state index is 9.88. The molecule has 0 aliphatic carbocycles. The summed E-state index contributed by atoms with van der Waals surface area (Å²) < 4.78 is 0. The molecule has 0 saturated carbocycles. The van der Waals surface area contributed by atoms with Crippen molar-refractivity contribution in [2.24, 2.45) is 0 Å². The van der Waals surface area contributed by atoms with Crippen LogP contribution in [0.2, 0.25) is 0 Å². The van der Waals surface area contributed by atoms with Crippen molar-refractivity contribution in [3.63, 3.8) is 0 Å². The summed E-state index contributed by atoms with van der Waals surface area (Å²) in [5, 5.41) is 0. The summed E-state index contributed by atoms with van der Waals surface area (Å²) in [5.74, 6) is 0. The molecule has 0 bridgehead atoms. The Morgan fingerprint density at radius 1 is 1.20 bits per heavy atom. The topological polar surface area (TPSA) is 17.1 Å². The molecule has 1 aromatic rings. The number of carbonyl (C=O) groups excluding carboxylic acids is 1.